The number of ether oxygens (including phenoxy) is 1. The van der Waals surface area contributed by atoms with Crippen molar-refractivity contribution in [2.75, 3.05) is 18.5 Å². The molecule has 0 aliphatic heterocycles. The third kappa shape index (κ3) is 5.80. The highest BCUT2D eigenvalue weighted by atomic mass is 19.4. The maximum absolute atomic E-state index is 12.7. The van der Waals surface area contributed by atoms with Crippen LogP contribution in [-0.2, 0) is 26.9 Å². The molecule has 2 aromatic carbocycles. The lowest BCUT2D eigenvalue weighted by molar-refractivity contribution is -0.137. The normalized spacial score (nSPS) is 16.0. The van der Waals surface area contributed by atoms with Gasteiger partial charge in [0.1, 0.15) is 13.2 Å². The van der Waals surface area contributed by atoms with Gasteiger partial charge in [-0.25, -0.2) is 0 Å². The molecule has 0 saturated carbocycles. The van der Waals surface area contributed by atoms with Crippen LogP contribution in [0.3, 0.4) is 0 Å². The van der Waals surface area contributed by atoms with Gasteiger partial charge in [-0.05, 0) is 48.6 Å². The molecule has 154 valence electrons. The van der Waals surface area contributed by atoms with Gasteiger partial charge in [-0.2, -0.15) is 13.2 Å². The predicted molar refractivity (Wildman–Crippen MR) is 101 cm³/mol. The fourth-order valence-corrected chi connectivity index (χ4v) is 3.35. The zero-order valence-corrected chi connectivity index (χ0v) is 15.6. The Labute approximate surface area is 166 Å². The first-order chi connectivity index (χ1) is 13.8. The predicted octanol–water partition coefficient (Wildman–Crippen LogP) is 3.85. The molecule has 0 unspecified atom stereocenters. The van der Waals surface area contributed by atoms with Gasteiger partial charge < -0.3 is 15.4 Å². The summed E-state index contributed by atoms with van der Waals surface area (Å²) in [6, 6.07) is 12.1. The molecule has 3 rings (SSSR count). The molecule has 0 saturated heterocycles. The smallest absolute Gasteiger partial charge is 0.362 e. The summed E-state index contributed by atoms with van der Waals surface area (Å²) in [4.78, 5) is 24.0. The molecule has 2 amide bonds. The van der Waals surface area contributed by atoms with Crippen LogP contribution in [0.2, 0.25) is 0 Å². The summed E-state index contributed by atoms with van der Waals surface area (Å²) in [6.45, 7) is -0.750. The highest BCUT2D eigenvalue weighted by Gasteiger charge is 2.30. The first kappa shape index (κ1) is 20.9. The number of carbonyl (C=O) groups is 2. The average molecular weight is 406 g/mol. The summed E-state index contributed by atoms with van der Waals surface area (Å²) in [7, 11) is 0. The van der Waals surface area contributed by atoms with Crippen LogP contribution in [0.25, 0.3) is 0 Å². The Morgan fingerprint density at radius 1 is 1.03 bits per heavy atom. The molecule has 0 aromatic heterocycles. The Hall–Kier alpha value is -2.87. The standard InChI is InChI=1S/C21H21F3N2O3/c22-21(23,24)15-7-4-8-16(11-15)25-19(27)12-29-13-20(28)26-18-10-3-6-14-5-1-2-9-17(14)18/h1-2,4-5,7-9,11,18H,3,6,10,12-13H2,(H,25,27)(H,26,28)/t18-/m0/s1. The molecule has 5 nitrogen and oxygen atoms in total. The number of anilines is 1. The summed E-state index contributed by atoms with van der Waals surface area (Å²) in [5.41, 5.74) is 1.46. The minimum Gasteiger partial charge on any atom is -0.362 e. The Morgan fingerprint density at radius 2 is 1.79 bits per heavy atom. The van der Waals surface area contributed by atoms with E-state index in [1.54, 1.807) is 0 Å². The van der Waals surface area contributed by atoms with Gasteiger partial charge >= 0.3 is 6.18 Å². The molecule has 29 heavy (non-hydrogen) atoms. The molecular weight excluding hydrogens is 385 g/mol. The third-order valence-corrected chi connectivity index (χ3v) is 4.64. The Morgan fingerprint density at radius 3 is 2.59 bits per heavy atom. The zero-order chi connectivity index (χ0) is 20.9. The maximum atomic E-state index is 12.7. The number of carbonyl (C=O) groups excluding carboxylic acids is 2. The van der Waals surface area contributed by atoms with Gasteiger partial charge in [-0.1, -0.05) is 30.3 Å². The molecule has 8 heteroatoms. The second-order valence-corrected chi connectivity index (χ2v) is 6.83. The maximum Gasteiger partial charge on any atom is 0.416 e. The van der Waals surface area contributed by atoms with Crippen LogP contribution >= 0.6 is 0 Å². The van der Waals surface area contributed by atoms with Gasteiger partial charge in [0.05, 0.1) is 11.6 Å². The highest BCUT2D eigenvalue weighted by Crippen LogP contribution is 2.31. The Bertz CT molecular complexity index is 883. The number of amides is 2. The van der Waals surface area contributed by atoms with E-state index in [1.807, 2.05) is 24.3 Å². The van der Waals surface area contributed by atoms with Crippen LogP contribution in [-0.4, -0.2) is 25.0 Å². The summed E-state index contributed by atoms with van der Waals surface area (Å²) in [5, 5.41) is 5.23. The molecule has 2 aromatic rings. The molecule has 1 aliphatic rings. The highest BCUT2D eigenvalue weighted by molar-refractivity contribution is 5.92. The molecule has 1 aliphatic carbocycles. The van der Waals surface area contributed by atoms with Crippen LogP contribution in [0.4, 0.5) is 18.9 Å². The molecule has 0 radical (unpaired) electrons. The number of alkyl halides is 3. The van der Waals surface area contributed by atoms with E-state index >= 15 is 0 Å². The molecule has 0 fully saturated rings. The number of rotatable bonds is 6. The fourth-order valence-electron chi connectivity index (χ4n) is 3.35. The topological polar surface area (TPSA) is 67.4 Å². The van der Waals surface area contributed by atoms with Gasteiger partial charge in [0, 0.05) is 5.69 Å². The van der Waals surface area contributed by atoms with Crippen molar-refractivity contribution in [2.24, 2.45) is 0 Å². The SMILES string of the molecule is O=C(COCC(=O)N[C@H]1CCCc2ccccc21)Nc1cccc(C(F)(F)F)c1. The molecule has 0 spiro atoms. The minimum atomic E-state index is -4.49. The van der Waals surface area contributed by atoms with E-state index < -0.39 is 24.3 Å². The van der Waals surface area contributed by atoms with E-state index in [0.29, 0.717) is 0 Å². The van der Waals surface area contributed by atoms with Crippen molar-refractivity contribution in [2.45, 2.75) is 31.5 Å². The van der Waals surface area contributed by atoms with E-state index in [1.165, 1.54) is 17.7 Å². The monoisotopic (exact) mass is 406 g/mol. The van der Waals surface area contributed by atoms with Gasteiger partial charge in [-0.15, -0.1) is 0 Å². The Kier molecular flexibility index (Phi) is 6.53. The lowest BCUT2D eigenvalue weighted by Gasteiger charge is -2.26. The molecule has 0 heterocycles. The number of fused-ring (bicyclic) bond motifs is 1. The van der Waals surface area contributed by atoms with E-state index in [9.17, 15) is 22.8 Å². The third-order valence-electron chi connectivity index (χ3n) is 4.64. The van der Waals surface area contributed by atoms with Crippen molar-refractivity contribution in [3.63, 3.8) is 0 Å². The summed E-state index contributed by atoms with van der Waals surface area (Å²) < 4.78 is 43.2. The van der Waals surface area contributed by atoms with E-state index in [4.69, 9.17) is 4.74 Å². The first-order valence-corrected chi connectivity index (χ1v) is 9.25. The summed E-state index contributed by atoms with van der Waals surface area (Å²) in [5.74, 6) is -0.987. The van der Waals surface area contributed by atoms with Crippen molar-refractivity contribution < 1.29 is 27.5 Å². The molecule has 2 N–H and O–H groups in total. The summed E-state index contributed by atoms with van der Waals surface area (Å²) in [6.07, 6.45) is -1.71. The van der Waals surface area contributed by atoms with E-state index in [-0.39, 0.29) is 24.2 Å². The van der Waals surface area contributed by atoms with Crippen molar-refractivity contribution >= 4 is 17.5 Å². The summed E-state index contributed by atoms with van der Waals surface area (Å²) >= 11 is 0. The van der Waals surface area contributed by atoms with Crippen LogP contribution in [0.5, 0.6) is 0 Å². The van der Waals surface area contributed by atoms with Crippen LogP contribution in [0.1, 0.15) is 35.6 Å². The minimum absolute atomic E-state index is 0.0108. The number of hydrogen-bond acceptors (Lipinski definition) is 3. The zero-order valence-electron chi connectivity index (χ0n) is 15.6. The fraction of sp³-hybridized carbons (Fsp3) is 0.333. The van der Waals surface area contributed by atoms with Gasteiger partial charge in [0.2, 0.25) is 11.8 Å². The molecule has 0 bridgehead atoms. The van der Waals surface area contributed by atoms with Gasteiger partial charge in [0.15, 0.2) is 0 Å². The van der Waals surface area contributed by atoms with Crippen molar-refractivity contribution in [3.8, 4) is 0 Å². The van der Waals surface area contributed by atoms with Crippen molar-refractivity contribution in [3.05, 3.63) is 65.2 Å². The van der Waals surface area contributed by atoms with Gasteiger partial charge in [0.25, 0.3) is 0 Å². The van der Waals surface area contributed by atoms with E-state index in [0.717, 1.165) is 37.0 Å². The second-order valence-electron chi connectivity index (χ2n) is 6.83. The molecular formula is C21H21F3N2O3. The lowest BCUT2D eigenvalue weighted by Crippen LogP contribution is -2.34. The van der Waals surface area contributed by atoms with Crippen molar-refractivity contribution in [1.82, 2.24) is 5.32 Å². The number of hydrogen-bond donors (Lipinski definition) is 2. The van der Waals surface area contributed by atoms with Crippen LogP contribution in [0, 0.1) is 0 Å². The van der Waals surface area contributed by atoms with Crippen LogP contribution in [0.15, 0.2) is 48.5 Å². The van der Waals surface area contributed by atoms with Crippen LogP contribution < -0.4 is 10.6 Å². The lowest BCUT2D eigenvalue weighted by atomic mass is 9.88. The van der Waals surface area contributed by atoms with Crippen molar-refractivity contribution in [1.29, 1.82) is 0 Å². The van der Waals surface area contributed by atoms with E-state index in [2.05, 4.69) is 10.6 Å². The number of halogens is 3. The average Bonchev–Trinajstić information content (AvgIpc) is 2.68. The molecule has 1 atom stereocenters. The Balaban J connectivity index is 1.44. The first-order valence-electron chi connectivity index (χ1n) is 9.25. The van der Waals surface area contributed by atoms with Gasteiger partial charge in [-0.3, -0.25) is 9.59 Å². The second kappa shape index (κ2) is 9.09. The number of aryl methyl sites for hydroxylation is 1. The number of benzene rings is 2. The number of nitrogens with one attached hydrogen (secondary N) is 2. The largest absolute Gasteiger partial charge is 0.416 e. The quantitative estimate of drug-likeness (QED) is 0.766.